The Morgan fingerprint density at radius 2 is 0.896 bits per heavy atom. The molecule has 0 aliphatic rings. The first-order valence-corrected chi connectivity index (χ1v) is 19.8. The topological polar surface area (TPSA) is 59.1 Å². The van der Waals surface area contributed by atoms with Crippen molar-refractivity contribution in [3.63, 3.8) is 0 Å². The van der Waals surface area contributed by atoms with Gasteiger partial charge in [-0.15, -0.1) is 46.4 Å². The Balaban J connectivity index is 2.29. The SMILES string of the molecule is CCCCCOc1ccc(C(=O)C(CCC(CN(CCCl)CCCl)C(=O)c2ccc(OCCCCC)cc2)CN(CCCl)CCCl)cc1. The molecule has 6 nitrogen and oxygen atoms in total. The van der Waals surface area contributed by atoms with Gasteiger partial charge >= 0.3 is 0 Å². The van der Waals surface area contributed by atoms with Gasteiger partial charge in [-0.1, -0.05) is 39.5 Å². The third-order valence-corrected chi connectivity index (χ3v) is 9.15. The number of benzene rings is 2. The molecule has 0 saturated carbocycles. The molecule has 0 amide bonds. The third-order valence-electron chi connectivity index (χ3n) is 8.48. The molecule has 0 aromatic heterocycles. The van der Waals surface area contributed by atoms with E-state index in [1.807, 2.05) is 48.5 Å². The zero-order chi connectivity index (χ0) is 35.0. The predicted molar refractivity (Wildman–Crippen MR) is 204 cm³/mol. The van der Waals surface area contributed by atoms with Crippen LogP contribution < -0.4 is 9.47 Å². The number of ketones is 2. The Kier molecular flexibility index (Phi) is 23.4. The van der Waals surface area contributed by atoms with Crippen LogP contribution in [0.3, 0.4) is 0 Å². The highest BCUT2D eigenvalue weighted by molar-refractivity contribution is 6.18. The van der Waals surface area contributed by atoms with Crippen LogP contribution in [-0.2, 0) is 0 Å². The number of carbonyl (C=O) groups is 2. The Morgan fingerprint density at radius 3 is 1.19 bits per heavy atom. The molecule has 0 aliphatic carbocycles. The molecule has 2 aromatic rings. The molecular formula is C38H56Cl4N2O4. The maximum atomic E-state index is 14.1. The second kappa shape index (κ2) is 26.3. The molecule has 0 N–H and O–H groups in total. The third kappa shape index (κ3) is 16.4. The monoisotopic (exact) mass is 744 g/mol. The largest absolute Gasteiger partial charge is 0.494 e. The number of Topliss-reactive ketones (excluding diaryl/α,β-unsaturated/α-hetero) is 2. The molecule has 270 valence electrons. The van der Waals surface area contributed by atoms with Crippen molar-refractivity contribution in [1.29, 1.82) is 0 Å². The van der Waals surface area contributed by atoms with Gasteiger partial charge in [0, 0.05) is 85.8 Å². The van der Waals surface area contributed by atoms with E-state index in [9.17, 15) is 9.59 Å². The van der Waals surface area contributed by atoms with Crippen molar-refractivity contribution >= 4 is 58.0 Å². The van der Waals surface area contributed by atoms with E-state index in [0.29, 0.717) is 100.0 Å². The summed E-state index contributed by atoms with van der Waals surface area (Å²) < 4.78 is 11.7. The minimum absolute atomic E-state index is 0.0378. The van der Waals surface area contributed by atoms with Gasteiger partial charge in [-0.2, -0.15) is 0 Å². The first-order valence-electron chi connectivity index (χ1n) is 17.6. The van der Waals surface area contributed by atoms with E-state index in [1.54, 1.807) is 0 Å². The summed E-state index contributed by atoms with van der Waals surface area (Å²) in [5, 5.41) is 0. The Labute approximate surface area is 309 Å². The molecule has 48 heavy (non-hydrogen) atoms. The van der Waals surface area contributed by atoms with Crippen molar-refractivity contribution in [2.75, 3.05) is 76.0 Å². The normalized spacial score (nSPS) is 12.8. The molecular weight excluding hydrogens is 690 g/mol. The zero-order valence-electron chi connectivity index (χ0n) is 29.0. The lowest BCUT2D eigenvalue weighted by Gasteiger charge is -2.29. The van der Waals surface area contributed by atoms with Crippen LogP contribution in [0.2, 0.25) is 0 Å². The summed E-state index contributed by atoms with van der Waals surface area (Å²) in [5.74, 6) is 2.64. The van der Waals surface area contributed by atoms with Crippen LogP contribution in [0, 0.1) is 11.8 Å². The van der Waals surface area contributed by atoms with Gasteiger partial charge in [0.25, 0.3) is 0 Å². The molecule has 2 rings (SSSR count). The second-order valence-corrected chi connectivity index (χ2v) is 13.7. The number of hydrogen-bond acceptors (Lipinski definition) is 6. The molecule has 0 aliphatic heterocycles. The van der Waals surface area contributed by atoms with Gasteiger partial charge in [-0.3, -0.25) is 9.59 Å². The summed E-state index contributed by atoms with van der Waals surface area (Å²) in [4.78, 5) is 32.4. The van der Waals surface area contributed by atoms with Gasteiger partial charge in [0.05, 0.1) is 13.2 Å². The highest BCUT2D eigenvalue weighted by atomic mass is 35.5. The number of carbonyl (C=O) groups excluding carboxylic acids is 2. The van der Waals surface area contributed by atoms with Crippen molar-refractivity contribution in [1.82, 2.24) is 9.80 Å². The van der Waals surface area contributed by atoms with Crippen LogP contribution in [-0.4, -0.2) is 97.4 Å². The first kappa shape index (κ1) is 42.6. The van der Waals surface area contributed by atoms with E-state index in [-0.39, 0.29) is 23.4 Å². The van der Waals surface area contributed by atoms with E-state index in [4.69, 9.17) is 55.9 Å². The van der Waals surface area contributed by atoms with Crippen LogP contribution >= 0.6 is 46.4 Å². The van der Waals surface area contributed by atoms with Crippen LogP contribution in [0.15, 0.2) is 48.5 Å². The van der Waals surface area contributed by atoms with E-state index in [1.165, 1.54) is 0 Å². The second-order valence-electron chi connectivity index (χ2n) is 12.2. The number of ether oxygens (including phenoxy) is 2. The number of rotatable bonds is 29. The van der Waals surface area contributed by atoms with E-state index in [0.717, 1.165) is 50.0 Å². The number of halogens is 4. The van der Waals surface area contributed by atoms with Gasteiger partial charge in [0.1, 0.15) is 11.5 Å². The molecule has 2 atom stereocenters. The average molecular weight is 747 g/mol. The lowest BCUT2D eigenvalue weighted by Crippen LogP contribution is -2.38. The summed E-state index contributed by atoms with van der Waals surface area (Å²) in [6.07, 6.45) is 7.56. The fourth-order valence-electron chi connectivity index (χ4n) is 5.69. The van der Waals surface area contributed by atoms with Crippen LogP contribution in [0.5, 0.6) is 11.5 Å². The molecule has 0 saturated heterocycles. The molecule has 2 aromatic carbocycles. The van der Waals surface area contributed by atoms with E-state index < -0.39 is 0 Å². The highest BCUT2D eigenvalue weighted by Crippen LogP contribution is 2.25. The summed E-state index contributed by atoms with van der Waals surface area (Å²) in [6, 6.07) is 14.8. The summed E-state index contributed by atoms with van der Waals surface area (Å²) >= 11 is 24.5. The van der Waals surface area contributed by atoms with E-state index in [2.05, 4.69) is 23.6 Å². The van der Waals surface area contributed by atoms with Crippen molar-refractivity contribution in [2.45, 2.75) is 65.2 Å². The Bertz CT molecular complexity index is 1040. The summed E-state index contributed by atoms with van der Waals surface area (Å²) in [7, 11) is 0. The first-order chi connectivity index (χ1) is 23.4. The van der Waals surface area contributed by atoms with Gasteiger partial charge in [-0.25, -0.2) is 0 Å². The van der Waals surface area contributed by atoms with Crippen molar-refractivity contribution in [3.05, 3.63) is 59.7 Å². The molecule has 10 heteroatoms. The van der Waals surface area contributed by atoms with Crippen LogP contribution in [0.25, 0.3) is 0 Å². The number of unbranched alkanes of at least 4 members (excludes halogenated alkanes) is 4. The smallest absolute Gasteiger partial charge is 0.167 e. The molecule has 0 spiro atoms. The fourth-order valence-corrected chi connectivity index (χ4v) is 6.65. The molecule has 0 fully saturated rings. The standard InChI is InChI=1S/C38H56Cl4N2O4/c1-3-5-7-27-47-35-15-11-31(12-16-35)37(45)33(29-43(23-19-39)24-20-40)9-10-34(30-44(25-21-41)26-22-42)38(46)32-13-17-36(18-14-32)48-28-8-6-4-2/h11-18,33-34H,3-10,19-30H2,1-2H3. The van der Waals surface area contributed by atoms with Crippen LogP contribution in [0.4, 0.5) is 0 Å². The average Bonchev–Trinajstić information content (AvgIpc) is 3.10. The lowest BCUT2D eigenvalue weighted by atomic mass is 9.86. The predicted octanol–water partition coefficient (Wildman–Crippen LogP) is 9.46. The van der Waals surface area contributed by atoms with Gasteiger partial charge in [-0.05, 0) is 74.2 Å². The summed E-state index contributed by atoms with van der Waals surface area (Å²) in [5.41, 5.74) is 1.25. The van der Waals surface area contributed by atoms with Crippen molar-refractivity contribution in [2.24, 2.45) is 11.8 Å². The molecule has 2 unspecified atom stereocenters. The number of nitrogens with zero attached hydrogens (tertiary/aromatic N) is 2. The minimum Gasteiger partial charge on any atom is -0.494 e. The Morgan fingerprint density at radius 1 is 0.562 bits per heavy atom. The molecule has 0 radical (unpaired) electrons. The molecule has 0 heterocycles. The van der Waals surface area contributed by atoms with Gasteiger partial charge in [0.2, 0.25) is 0 Å². The number of alkyl halides is 4. The summed E-state index contributed by atoms with van der Waals surface area (Å²) in [6.45, 7) is 9.14. The lowest BCUT2D eigenvalue weighted by molar-refractivity contribution is 0.0816. The van der Waals surface area contributed by atoms with Crippen molar-refractivity contribution < 1.29 is 19.1 Å². The maximum Gasteiger partial charge on any atom is 0.167 e. The highest BCUT2D eigenvalue weighted by Gasteiger charge is 2.28. The van der Waals surface area contributed by atoms with Crippen molar-refractivity contribution in [3.8, 4) is 11.5 Å². The van der Waals surface area contributed by atoms with E-state index >= 15 is 0 Å². The maximum absolute atomic E-state index is 14.1. The fraction of sp³-hybridized carbons (Fsp3) is 0.632. The van der Waals surface area contributed by atoms with Gasteiger partial charge in [0.15, 0.2) is 11.6 Å². The quantitative estimate of drug-likeness (QED) is 0.0470. The van der Waals surface area contributed by atoms with Crippen LogP contribution in [0.1, 0.15) is 85.9 Å². The molecule has 0 bridgehead atoms. The van der Waals surface area contributed by atoms with Gasteiger partial charge < -0.3 is 19.3 Å². The number of hydrogen-bond donors (Lipinski definition) is 0. The zero-order valence-corrected chi connectivity index (χ0v) is 32.0. The minimum atomic E-state index is -0.351. The Hall–Kier alpha value is -1.54.